The van der Waals surface area contributed by atoms with Crippen LogP contribution in [0.2, 0.25) is 0 Å². The largest absolute Gasteiger partial charge is 0.378 e. The average molecular weight is 288 g/mol. The predicted molar refractivity (Wildman–Crippen MR) is 68.9 cm³/mol. The summed E-state index contributed by atoms with van der Waals surface area (Å²) < 4.78 is 45.5. The molecule has 1 aromatic rings. The summed E-state index contributed by atoms with van der Waals surface area (Å²) in [5, 5.41) is 3.05. The van der Waals surface area contributed by atoms with Gasteiger partial charge in [-0.15, -0.1) is 0 Å². The number of benzene rings is 1. The smallest absolute Gasteiger partial charge is 0.241 e. The van der Waals surface area contributed by atoms with E-state index in [1.165, 1.54) is 19.2 Å². The van der Waals surface area contributed by atoms with Crippen molar-refractivity contribution in [1.82, 2.24) is 10.0 Å². The number of halogens is 1. The molecular formula is C12H17FN2O3S. The molecule has 7 heteroatoms. The Labute approximate surface area is 112 Å². The van der Waals surface area contributed by atoms with Crippen molar-refractivity contribution in [2.75, 3.05) is 20.2 Å². The number of nitrogens with one attached hydrogen (secondary N) is 2. The average Bonchev–Trinajstić information content (AvgIpc) is 2.78. The predicted octanol–water partition coefficient (Wildman–Crippen LogP) is 0.399. The summed E-state index contributed by atoms with van der Waals surface area (Å²) in [6.45, 7) is 2.71. The van der Waals surface area contributed by atoms with Crippen molar-refractivity contribution in [3.8, 4) is 0 Å². The third kappa shape index (κ3) is 3.11. The van der Waals surface area contributed by atoms with E-state index in [4.69, 9.17) is 4.74 Å². The molecule has 0 saturated carbocycles. The van der Waals surface area contributed by atoms with Gasteiger partial charge in [-0.2, -0.15) is 0 Å². The summed E-state index contributed by atoms with van der Waals surface area (Å²) >= 11 is 0. The molecule has 106 valence electrons. The minimum atomic E-state index is -3.75. The molecule has 2 atom stereocenters. The Morgan fingerprint density at radius 2 is 2.16 bits per heavy atom. The van der Waals surface area contributed by atoms with Crippen LogP contribution in [0.5, 0.6) is 0 Å². The van der Waals surface area contributed by atoms with Gasteiger partial charge in [0.2, 0.25) is 10.0 Å². The van der Waals surface area contributed by atoms with Crippen molar-refractivity contribution in [2.24, 2.45) is 0 Å². The van der Waals surface area contributed by atoms with E-state index >= 15 is 0 Å². The first-order valence-corrected chi connectivity index (χ1v) is 7.44. The maximum atomic E-state index is 13.2. The zero-order valence-electron chi connectivity index (χ0n) is 10.8. The highest BCUT2D eigenvalue weighted by Crippen LogP contribution is 2.18. The Morgan fingerprint density at radius 1 is 1.42 bits per heavy atom. The normalized spacial score (nSPS) is 23.7. The highest BCUT2D eigenvalue weighted by atomic mass is 32.2. The van der Waals surface area contributed by atoms with Gasteiger partial charge < -0.3 is 10.1 Å². The van der Waals surface area contributed by atoms with Gasteiger partial charge in [0, 0.05) is 20.2 Å². The first kappa shape index (κ1) is 14.4. The van der Waals surface area contributed by atoms with Gasteiger partial charge in [-0.05, 0) is 24.6 Å². The molecule has 5 nitrogen and oxygen atoms in total. The van der Waals surface area contributed by atoms with Crippen molar-refractivity contribution >= 4 is 10.0 Å². The van der Waals surface area contributed by atoms with Crippen LogP contribution in [0.3, 0.4) is 0 Å². The Balaban J connectivity index is 2.25. The summed E-state index contributed by atoms with van der Waals surface area (Å²) in [7, 11) is -2.22. The zero-order valence-corrected chi connectivity index (χ0v) is 11.6. The van der Waals surface area contributed by atoms with E-state index in [1.54, 1.807) is 6.92 Å². The van der Waals surface area contributed by atoms with E-state index < -0.39 is 15.8 Å². The van der Waals surface area contributed by atoms with Crippen LogP contribution >= 0.6 is 0 Å². The van der Waals surface area contributed by atoms with Crippen molar-refractivity contribution in [1.29, 1.82) is 0 Å². The lowest BCUT2D eigenvalue weighted by molar-refractivity contribution is 0.103. The lowest BCUT2D eigenvalue weighted by Gasteiger charge is -2.19. The number of methoxy groups -OCH3 is 1. The van der Waals surface area contributed by atoms with Crippen LogP contribution in [-0.4, -0.2) is 40.8 Å². The standard InChI is InChI=1S/C12H17FN2O3S/c1-8-3-4-9(13)5-12(8)19(16,17)15-10-6-14-7-11(10)18-2/h3-5,10-11,14-15H,6-7H2,1-2H3/t10?,11-/m0/s1. The van der Waals surface area contributed by atoms with E-state index in [0.29, 0.717) is 18.7 Å². The molecule has 1 aliphatic heterocycles. The highest BCUT2D eigenvalue weighted by molar-refractivity contribution is 7.89. The molecule has 0 bridgehead atoms. The topological polar surface area (TPSA) is 67.4 Å². The molecule has 0 aromatic heterocycles. The fourth-order valence-electron chi connectivity index (χ4n) is 2.15. The van der Waals surface area contributed by atoms with Crippen LogP contribution in [0.25, 0.3) is 0 Å². The molecule has 1 fully saturated rings. The van der Waals surface area contributed by atoms with Crippen LogP contribution < -0.4 is 10.0 Å². The monoisotopic (exact) mass is 288 g/mol. The number of aryl methyl sites for hydroxylation is 1. The van der Waals surface area contributed by atoms with E-state index in [9.17, 15) is 12.8 Å². The Kier molecular flexibility index (Phi) is 4.19. The number of rotatable bonds is 4. The number of sulfonamides is 1. The third-order valence-corrected chi connectivity index (χ3v) is 4.84. The molecular weight excluding hydrogens is 271 g/mol. The second kappa shape index (κ2) is 5.54. The summed E-state index contributed by atoms with van der Waals surface area (Å²) in [6.07, 6.45) is -0.219. The quantitative estimate of drug-likeness (QED) is 0.841. The molecule has 0 amide bonds. The molecule has 1 aromatic carbocycles. The van der Waals surface area contributed by atoms with Crippen molar-refractivity contribution < 1.29 is 17.5 Å². The van der Waals surface area contributed by atoms with E-state index in [-0.39, 0.29) is 17.0 Å². The van der Waals surface area contributed by atoms with Gasteiger partial charge in [0.25, 0.3) is 0 Å². The Hall–Kier alpha value is -1.02. The first-order chi connectivity index (χ1) is 8.94. The van der Waals surface area contributed by atoms with Gasteiger partial charge in [-0.3, -0.25) is 0 Å². The van der Waals surface area contributed by atoms with Gasteiger partial charge in [0.15, 0.2) is 0 Å². The minimum absolute atomic E-state index is 0.0331. The van der Waals surface area contributed by atoms with E-state index in [0.717, 1.165) is 6.07 Å². The first-order valence-electron chi connectivity index (χ1n) is 5.96. The molecule has 0 aliphatic carbocycles. The van der Waals surface area contributed by atoms with Gasteiger partial charge in [-0.1, -0.05) is 6.07 Å². The second-order valence-corrected chi connectivity index (χ2v) is 6.25. The molecule has 2 N–H and O–H groups in total. The summed E-state index contributed by atoms with van der Waals surface area (Å²) in [4.78, 5) is -0.0331. The fourth-order valence-corrected chi connectivity index (χ4v) is 3.67. The van der Waals surface area contributed by atoms with Crippen molar-refractivity contribution in [3.05, 3.63) is 29.6 Å². The molecule has 1 saturated heterocycles. The van der Waals surface area contributed by atoms with Crippen LogP contribution in [0.4, 0.5) is 4.39 Å². The maximum absolute atomic E-state index is 13.2. The van der Waals surface area contributed by atoms with Gasteiger partial charge >= 0.3 is 0 Å². The Bertz CT molecular complexity index is 562. The van der Waals surface area contributed by atoms with Crippen molar-refractivity contribution in [3.63, 3.8) is 0 Å². The van der Waals surface area contributed by atoms with E-state index in [2.05, 4.69) is 10.0 Å². The molecule has 0 spiro atoms. The van der Waals surface area contributed by atoms with Gasteiger partial charge in [0.05, 0.1) is 17.0 Å². The summed E-state index contributed by atoms with van der Waals surface area (Å²) in [6, 6.07) is 3.37. The van der Waals surface area contributed by atoms with Crippen LogP contribution in [0.15, 0.2) is 23.1 Å². The highest BCUT2D eigenvalue weighted by Gasteiger charge is 2.31. The molecule has 19 heavy (non-hydrogen) atoms. The molecule has 1 heterocycles. The lowest BCUT2D eigenvalue weighted by atomic mass is 10.2. The van der Waals surface area contributed by atoms with Crippen molar-refractivity contribution in [2.45, 2.75) is 24.0 Å². The fraction of sp³-hybridized carbons (Fsp3) is 0.500. The van der Waals surface area contributed by atoms with E-state index in [1.807, 2.05) is 0 Å². The maximum Gasteiger partial charge on any atom is 0.241 e. The summed E-state index contributed by atoms with van der Waals surface area (Å²) in [5.74, 6) is -0.571. The van der Waals surface area contributed by atoms with Crippen LogP contribution in [0.1, 0.15) is 5.56 Å². The zero-order chi connectivity index (χ0) is 14.0. The number of hydrogen-bond acceptors (Lipinski definition) is 4. The molecule has 1 aliphatic rings. The van der Waals surface area contributed by atoms with Crippen LogP contribution in [-0.2, 0) is 14.8 Å². The molecule has 1 unspecified atom stereocenters. The van der Waals surface area contributed by atoms with Gasteiger partial charge in [0.1, 0.15) is 5.82 Å². The second-order valence-electron chi connectivity index (χ2n) is 4.57. The van der Waals surface area contributed by atoms with Crippen LogP contribution in [0, 0.1) is 12.7 Å². The SMILES string of the molecule is CO[C@H]1CNCC1NS(=O)(=O)c1cc(F)ccc1C. The number of hydrogen-bond donors (Lipinski definition) is 2. The Morgan fingerprint density at radius 3 is 2.84 bits per heavy atom. The minimum Gasteiger partial charge on any atom is -0.378 e. The molecule has 2 rings (SSSR count). The summed E-state index contributed by atoms with van der Waals surface area (Å²) in [5.41, 5.74) is 0.508. The lowest BCUT2D eigenvalue weighted by Crippen LogP contribution is -2.43. The van der Waals surface area contributed by atoms with Gasteiger partial charge in [-0.25, -0.2) is 17.5 Å². The third-order valence-electron chi connectivity index (χ3n) is 3.21. The molecule has 0 radical (unpaired) electrons. The number of ether oxygens (including phenoxy) is 1.